The zero-order valence-corrected chi connectivity index (χ0v) is 46.1. The van der Waals surface area contributed by atoms with Gasteiger partial charge in [-0.25, -0.2) is 33.7 Å². The van der Waals surface area contributed by atoms with Crippen LogP contribution in [0.2, 0.25) is 0 Å². The van der Waals surface area contributed by atoms with E-state index >= 15 is 0 Å². The van der Waals surface area contributed by atoms with E-state index in [-0.39, 0.29) is 6.04 Å². The zero-order chi connectivity index (χ0) is 54.1. The smallest absolute Gasteiger partial charge is 0.206 e. The Morgan fingerprint density at radius 3 is 0.411 bits per heavy atom. The summed E-state index contributed by atoms with van der Waals surface area (Å²) in [4.78, 5) is 2.72. The van der Waals surface area contributed by atoms with Crippen LogP contribution in [0, 0.1) is 55.4 Å². The van der Waals surface area contributed by atoms with Gasteiger partial charge in [0.25, 0.3) is 0 Å². The highest BCUT2D eigenvalue weighted by Crippen LogP contribution is 2.25. The van der Waals surface area contributed by atoms with Crippen molar-refractivity contribution >= 4 is 39.3 Å². The van der Waals surface area contributed by atoms with E-state index in [0.29, 0.717) is 45.7 Å². The van der Waals surface area contributed by atoms with Gasteiger partial charge < -0.3 is 11.5 Å². The fourth-order valence-corrected chi connectivity index (χ4v) is 11.3. The number of sulfone groups is 4. The van der Waals surface area contributed by atoms with Gasteiger partial charge in [0.2, 0.25) is 39.3 Å². The number of rotatable bonds is 9. The van der Waals surface area contributed by atoms with Crippen LogP contribution in [0.5, 0.6) is 0 Å². The minimum absolute atomic E-state index is 0.162. The van der Waals surface area contributed by atoms with Crippen LogP contribution in [0.4, 0.5) is 0 Å². The fourth-order valence-electron chi connectivity index (χ4n) is 6.28. The fraction of sp³-hybridized carbons (Fsp3) is 0.186. The molecule has 0 aromatic heterocycles. The maximum atomic E-state index is 12.3. The first-order chi connectivity index (χ1) is 34.3. The van der Waals surface area contributed by atoms with Crippen LogP contribution >= 0.6 is 0 Å². The maximum absolute atomic E-state index is 12.3. The largest absolute Gasteiger partial charge is 0.329 e. The van der Waals surface area contributed by atoms with Crippen LogP contribution in [0.25, 0.3) is 0 Å². The highest BCUT2D eigenvalue weighted by molar-refractivity contribution is 7.92. The van der Waals surface area contributed by atoms with Crippen molar-refractivity contribution in [2.24, 2.45) is 11.5 Å². The van der Waals surface area contributed by atoms with Gasteiger partial charge in [-0.1, -0.05) is 142 Å². The lowest BCUT2D eigenvalue weighted by atomic mass is 10.2. The predicted molar refractivity (Wildman–Crippen MR) is 294 cm³/mol. The molecule has 0 saturated heterocycles. The third-order valence-corrected chi connectivity index (χ3v) is 18.2. The molecule has 8 rings (SSSR count). The van der Waals surface area contributed by atoms with E-state index in [2.05, 4.69) is 0 Å². The summed E-state index contributed by atoms with van der Waals surface area (Å²) in [6.45, 7) is 17.9. The predicted octanol–water partition coefficient (Wildman–Crippen LogP) is 11.8. The second-order valence-electron chi connectivity index (χ2n) is 17.7. The van der Waals surface area contributed by atoms with Crippen molar-refractivity contribution in [3.8, 4) is 0 Å². The van der Waals surface area contributed by atoms with Crippen molar-refractivity contribution in [1.29, 1.82) is 0 Å². The Labute approximate surface area is 434 Å². The minimum atomic E-state index is -3.37. The summed E-state index contributed by atoms with van der Waals surface area (Å²) in [7, 11) is -13.5. The van der Waals surface area contributed by atoms with E-state index in [0.717, 1.165) is 44.5 Å². The van der Waals surface area contributed by atoms with Gasteiger partial charge in [0.05, 0.1) is 39.2 Å². The lowest BCUT2D eigenvalue weighted by Gasteiger charge is -2.05. The summed E-state index contributed by atoms with van der Waals surface area (Å²) < 4.78 is 98.1. The Morgan fingerprint density at radius 1 is 0.260 bits per heavy atom. The van der Waals surface area contributed by atoms with Crippen molar-refractivity contribution in [3.63, 3.8) is 0 Å². The van der Waals surface area contributed by atoms with E-state index < -0.39 is 39.3 Å². The van der Waals surface area contributed by atoms with Crippen molar-refractivity contribution in [3.05, 3.63) is 239 Å². The van der Waals surface area contributed by atoms with Gasteiger partial charge in [-0.2, -0.15) is 0 Å². The van der Waals surface area contributed by atoms with Crippen molar-refractivity contribution < 1.29 is 33.7 Å². The highest BCUT2D eigenvalue weighted by Gasteiger charge is 2.20. The van der Waals surface area contributed by atoms with Crippen molar-refractivity contribution in [2.45, 2.75) is 108 Å². The second-order valence-corrected chi connectivity index (χ2v) is 25.5. The molecule has 384 valence electrons. The molecule has 0 saturated carbocycles. The SMILES string of the molecule is CC(N)CN.Cc1ccc(S(=O)(=O)c2ccc(C)cc2)cc1.Cc1ccc(S(=O)(=O)c2ccc(C)cc2)cc1.Cc1ccc(S(=O)(=O)c2ccc(C)cc2)cc1.Cc1ccc(S(=O)(=O)c2ccc(C)cc2)cc1. The molecular formula is C59H66N2O8S4. The van der Waals surface area contributed by atoms with Crippen LogP contribution in [0.15, 0.2) is 233 Å². The molecule has 1 atom stereocenters. The molecule has 0 radical (unpaired) electrons. The Kier molecular flexibility index (Phi) is 21.4. The first-order valence-electron chi connectivity index (χ1n) is 23.3. The van der Waals surface area contributed by atoms with Gasteiger partial charge in [-0.15, -0.1) is 0 Å². The molecule has 0 amide bonds. The molecule has 73 heavy (non-hydrogen) atoms. The average Bonchev–Trinajstić information content (AvgIpc) is 3.36. The van der Waals surface area contributed by atoms with Crippen molar-refractivity contribution in [2.75, 3.05) is 6.54 Å². The van der Waals surface area contributed by atoms with Crippen molar-refractivity contribution in [1.82, 2.24) is 0 Å². The molecule has 4 N–H and O–H groups in total. The average molecular weight is 1060 g/mol. The van der Waals surface area contributed by atoms with Crippen LogP contribution in [-0.4, -0.2) is 46.3 Å². The lowest BCUT2D eigenvalue weighted by Crippen LogP contribution is -2.25. The van der Waals surface area contributed by atoms with E-state index in [1.165, 1.54) is 0 Å². The van der Waals surface area contributed by atoms with Gasteiger partial charge in [0.1, 0.15) is 0 Å². The van der Waals surface area contributed by atoms with E-state index in [4.69, 9.17) is 11.5 Å². The lowest BCUT2D eigenvalue weighted by molar-refractivity contribution is 0.594. The third kappa shape index (κ3) is 17.3. The summed E-state index contributed by atoms with van der Waals surface area (Å²) in [6.07, 6.45) is 0. The molecule has 0 aliphatic heterocycles. The van der Waals surface area contributed by atoms with E-state index in [1.807, 2.05) is 62.3 Å². The van der Waals surface area contributed by atoms with Gasteiger partial charge in [0.15, 0.2) is 0 Å². The molecule has 0 aliphatic rings. The normalized spacial score (nSPS) is 11.7. The van der Waals surface area contributed by atoms with Gasteiger partial charge in [0, 0.05) is 12.6 Å². The Bertz CT molecular complexity index is 2780. The van der Waals surface area contributed by atoms with E-state index in [9.17, 15) is 33.7 Å². The molecule has 8 aromatic carbocycles. The first-order valence-corrected chi connectivity index (χ1v) is 29.2. The van der Waals surface area contributed by atoms with Crippen LogP contribution in [0.1, 0.15) is 51.4 Å². The quantitative estimate of drug-likeness (QED) is 0.141. The molecule has 1 unspecified atom stereocenters. The summed E-state index contributed by atoms with van der Waals surface area (Å²) in [5, 5.41) is 0. The standard InChI is InChI=1S/4C14H14O2S.C3H10N2/c4*1-11-3-7-13(8-4-11)17(15,16)14-9-5-12(2)6-10-14;1-3(5)2-4/h4*3-10H,1-2H3;3H,2,4-5H2,1H3. The maximum Gasteiger partial charge on any atom is 0.206 e. The summed E-state index contributed by atoms with van der Waals surface area (Å²) in [5.41, 5.74) is 18.6. The summed E-state index contributed by atoms with van der Waals surface area (Å²) in [5.74, 6) is 0. The molecule has 0 aliphatic carbocycles. The topological polar surface area (TPSA) is 189 Å². The minimum Gasteiger partial charge on any atom is -0.329 e. The number of aryl methyl sites for hydroxylation is 8. The van der Waals surface area contributed by atoms with Gasteiger partial charge in [-0.3, -0.25) is 0 Å². The number of benzene rings is 8. The summed E-state index contributed by atoms with van der Waals surface area (Å²) in [6, 6.07) is 55.4. The molecular weight excluding hydrogens is 993 g/mol. The zero-order valence-electron chi connectivity index (χ0n) is 42.8. The van der Waals surface area contributed by atoms with Gasteiger partial charge >= 0.3 is 0 Å². The van der Waals surface area contributed by atoms with Crippen LogP contribution in [-0.2, 0) is 39.3 Å². The highest BCUT2D eigenvalue weighted by atomic mass is 32.2. The molecule has 10 nitrogen and oxygen atoms in total. The van der Waals surface area contributed by atoms with Crippen LogP contribution < -0.4 is 11.5 Å². The second kappa shape index (κ2) is 26.4. The molecule has 8 aromatic rings. The van der Waals surface area contributed by atoms with Gasteiger partial charge in [-0.05, 0) is 159 Å². The molecule has 0 fully saturated rings. The molecule has 0 heterocycles. The molecule has 0 bridgehead atoms. The Balaban J connectivity index is 0.000000204. The number of nitrogens with two attached hydrogens (primary N) is 2. The third-order valence-electron chi connectivity index (χ3n) is 11.0. The number of hydrogen-bond acceptors (Lipinski definition) is 10. The number of hydrogen-bond donors (Lipinski definition) is 2. The monoisotopic (exact) mass is 1060 g/mol. The Morgan fingerprint density at radius 2 is 0.342 bits per heavy atom. The first kappa shape index (κ1) is 59.0. The molecule has 0 spiro atoms. The summed E-state index contributed by atoms with van der Waals surface area (Å²) >= 11 is 0. The van der Waals surface area contributed by atoms with E-state index in [1.54, 1.807) is 194 Å². The Hall–Kier alpha value is -6.52. The van der Waals surface area contributed by atoms with Crippen LogP contribution in [0.3, 0.4) is 0 Å². The molecule has 14 heteroatoms.